The Morgan fingerprint density at radius 2 is 2.18 bits per heavy atom. The molecule has 1 amide bonds. The molecule has 2 aromatic rings. The van der Waals surface area contributed by atoms with E-state index in [1.54, 1.807) is 0 Å². The molecule has 0 fully saturated rings. The summed E-state index contributed by atoms with van der Waals surface area (Å²) in [5, 5.41) is 0. The molecule has 9 heteroatoms. The fourth-order valence-corrected chi connectivity index (χ4v) is 2.79. The molecule has 1 aromatic heterocycles. The van der Waals surface area contributed by atoms with E-state index in [9.17, 15) is 18.0 Å². The Bertz CT molecular complexity index is 688. The number of carbonyl (C=O) groups excluding carboxylic acids is 1. The Labute approximate surface area is 127 Å². The SMILES string of the molecule is O=C(c1cnsn1)N1CCCc2cc(OC(F)(F)F)ccc21. The molecule has 0 spiro atoms. The molecule has 1 aliphatic rings. The standard InChI is InChI=1S/C13H10F3N3O2S/c14-13(15,16)21-9-3-4-11-8(6-9)2-1-5-19(11)12(20)10-7-17-22-18-10/h3-4,6-7H,1-2,5H2. The summed E-state index contributed by atoms with van der Waals surface area (Å²) in [6.07, 6.45) is -2.11. The highest BCUT2D eigenvalue weighted by molar-refractivity contribution is 6.99. The predicted molar refractivity (Wildman–Crippen MR) is 73.0 cm³/mol. The van der Waals surface area contributed by atoms with Gasteiger partial charge in [0.15, 0.2) is 5.69 Å². The minimum Gasteiger partial charge on any atom is -0.406 e. The normalized spacial score (nSPS) is 14.6. The monoisotopic (exact) mass is 329 g/mol. The number of hydrogen-bond donors (Lipinski definition) is 0. The van der Waals surface area contributed by atoms with Gasteiger partial charge in [0.05, 0.1) is 17.9 Å². The van der Waals surface area contributed by atoms with Crippen LogP contribution in [0.25, 0.3) is 0 Å². The molecule has 0 saturated carbocycles. The van der Waals surface area contributed by atoms with Gasteiger partial charge in [0, 0.05) is 12.2 Å². The molecule has 1 aliphatic heterocycles. The van der Waals surface area contributed by atoms with Crippen molar-refractivity contribution in [2.45, 2.75) is 19.2 Å². The number of alkyl halides is 3. The van der Waals surface area contributed by atoms with E-state index >= 15 is 0 Å². The van der Waals surface area contributed by atoms with E-state index in [0.717, 1.165) is 11.7 Å². The number of carbonyl (C=O) groups is 1. The van der Waals surface area contributed by atoms with Gasteiger partial charge in [-0.25, -0.2) is 0 Å². The molecular formula is C13H10F3N3O2S. The van der Waals surface area contributed by atoms with Gasteiger partial charge in [-0.1, -0.05) is 0 Å². The molecule has 3 rings (SSSR count). The van der Waals surface area contributed by atoms with Crippen LogP contribution in [0.15, 0.2) is 24.4 Å². The number of aromatic nitrogens is 2. The molecule has 0 saturated heterocycles. The zero-order chi connectivity index (χ0) is 15.7. The third-order valence-electron chi connectivity index (χ3n) is 3.23. The fourth-order valence-electron chi connectivity index (χ4n) is 2.38. The first-order valence-corrected chi connectivity index (χ1v) is 7.15. The number of fused-ring (bicyclic) bond motifs is 1. The molecule has 116 valence electrons. The summed E-state index contributed by atoms with van der Waals surface area (Å²) < 4.78 is 48.4. The Morgan fingerprint density at radius 1 is 1.36 bits per heavy atom. The highest BCUT2D eigenvalue weighted by atomic mass is 32.1. The third-order valence-corrected chi connectivity index (χ3v) is 3.71. The number of anilines is 1. The van der Waals surface area contributed by atoms with Crippen LogP contribution in [-0.2, 0) is 6.42 Å². The van der Waals surface area contributed by atoms with Gasteiger partial charge in [0.1, 0.15) is 5.75 Å². The van der Waals surface area contributed by atoms with Crippen LogP contribution in [-0.4, -0.2) is 27.6 Å². The van der Waals surface area contributed by atoms with Gasteiger partial charge in [-0.2, -0.15) is 8.75 Å². The van der Waals surface area contributed by atoms with Crippen molar-refractivity contribution in [3.63, 3.8) is 0 Å². The molecular weight excluding hydrogens is 319 g/mol. The maximum atomic E-state index is 12.4. The van der Waals surface area contributed by atoms with Gasteiger partial charge in [0.2, 0.25) is 0 Å². The zero-order valence-corrected chi connectivity index (χ0v) is 11.9. The Balaban J connectivity index is 1.89. The summed E-state index contributed by atoms with van der Waals surface area (Å²) in [6, 6.07) is 3.99. The first kappa shape index (κ1) is 14.8. The van der Waals surface area contributed by atoms with Crippen LogP contribution in [0.1, 0.15) is 22.5 Å². The summed E-state index contributed by atoms with van der Waals surface area (Å²) in [5.41, 5.74) is 1.46. The lowest BCUT2D eigenvalue weighted by Gasteiger charge is -2.29. The Morgan fingerprint density at radius 3 is 2.86 bits per heavy atom. The van der Waals surface area contributed by atoms with E-state index in [1.807, 2.05) is 0 Å². The summed E-state index contributed by atoms with van der Waals surface area (Å²) in [7, 11) is 0. The smallest absolute Gasteiger partial charge is 0.406 e. The minimum absolute atomic E-state index is 0.230. The van der Waals surface area contributed by atoms with Crippen molar-refractivity contribution in [3.8, 4) is 5.75 Å². The van der Waals surface area contributed by atoms with E-state index in [4.69, 9.17) is 0 Å². The van der Waals surface area contributed by atoms with E-state index in [1.165, 1.54) is 29.3 Å². The maximum absolute atomic E-state index is 12.4. The number of aryl methyl sites for hydroxylation is 1. The first-order chi connectivity index (χ1) is 10.4. The van der Waals surface area contributed by atoms with Crippen molar-refractivity contribution in [2.75, 3.05) is 11.4 Å². The average molecular weight is 329 g/mol. The van der Waals surface area contributed by atoms with Gasteiger partial charge in [-0.05, 0) is 36.6 Å². The number of benzene rings is 1. The third kappa shape index (κ3) is 3.03. The summed E-state index contributed by atoms with van der Waals surface area (Å²) in [5.74, 6) is -0.588. The summed E-state index contributed by atoms with van der Waals surface area (Å²) in [4.78, 5) is 13.9. The van der Waals surface area contributed by atoms with E-state index < -0.39 is 6.36 Å². The second-order valence-electron chi connectivity index (χ2n) is 4.69. The van der Waals surface area contributed by atoms with Gasteiger partial charge in [0.25, 0.3) is 5.91 Å². The number of rotatable bonds is 2. The van der Waals surface area contributed by atoms with Gasteiger partial charge in [-0.3, -0.25) is 4.79 Å². The Kier molecular flexibility index (Phi) is 3.73. The second-order valence-corrected chi connectivity index (χ2v) is 5.25. The van der Waals surface area contributed by atoms with Crippen LogP contribution in [0.3, 0.4) is 0 Å². The molecule has 0 radical (unpaired) electrons. The van der Waals surface area contributed by atoms with E-state index in [2.05, 4.69) is 13.5 Å². The van der Waals surface area contributed by atoms with Crippen molar-refractivity contribution in [1.29, 1.82) is 0 Å². The zero-order valence-electron chi connectivity index (χ0n) is 11.1. The predicted octanol–water partition coefficient (Wildman–Crippen LogP) is 3.03. The van der Waals surface area contributed by atoms with Crippen molar-refractivity contribution in [3.05, 3.63) is 35.7 Å². The summed E-state index contributed by atoms with van der Waals surface area (Å²) >= 11 is 0.930. The first-order valence-electron chi connectivity index (χ1n) is 6.42. The second kappa shape index (κ2) is 5.56. The molecule has 5 nitrogen and oxygen atoms in total. The molecule has 0 atom stereocenters. The topological polar surface area (TPSA) is 55.3 Å². The van der Waals surface area contributed by atoms with Crippen molar-refractivity contribution in [2.24, 2.45) is 0 Å². The highest BCUT2D eigenvalue weighted by Crippen LogP contribution is 2.33. The number of amides is 1. The maximum Gasteiger partial charge on any atom is 0.573 e. The highest BCUT2D eigenvalue weighted by Gasteiger charge is 2.32. The van der Waals surface area contributed by atoms with Gasteiger partial charge < -0.3 is 9.64 Å². The molecule has 2 heterocycles. The lowest BCUT2D eigenvalue weighted by atomic mass is 10.0. The lowest BCUT2D eigenvalue weighted by molar-refractivity contribution is -0.274. The van der Waals surface area contributed by atoms with E-state index in [-0.39, 0.29) is 17.4 Å². The molecule has 0 aliphatic carbocycles. The van der Waals surface area contributed by atoms with Gasteiger partial charge >= 0.3 is 6.36 Å². The van der Waals surface area contributed by atoms with Crippen molar-refractivity contribution < 1.29 is 22.7 Å². The largest absolute Gasteiger partial charge is 0.573 e. The summed E-state index contributed by atoms with van der Waals surface area (Å²) in [6.45, 7) is 0.489. The average Bonchev–Trinajstić information content (AvgIpc) is 2.98. The van der Waals surface area contributed by atoms with Gasteiger partial charge in [-0.15, -0.1) is 13.2 Å². The number of nitrogens with zero attached hydrogens (tertiary/aromatic N) is 3. The van der Waals surface area contributed by atoms with Crippen molar-refractivity contribution in [1.82, 2.24) is 8.75 Å². The lowest BCUT2D eigenvalue weighted by Crippen LogP contribution is -2.35. The minimum atomic E-state index is -4.73. The van der Waals surface area contributed by atoms with Crippen molar-refractivity contribution >= 4 is 23.3 Å². The van der Waals surface area contributed by atoms with Crippen LogP contribution < -0.4 is 9.64 Å². The molecule has 0 bridgehead atoms. The number of hydrogen-bond acceptors (Lipinski definition) is 5. The number of ether oxygens (including phenoxy) is 1. The van der Waals surface area contributed by atoms with Crippen LogP contribution in [0.2, 0.25) is 0 Å². The molecule has 1 aromatic carbocycles. The van der Waals surface area contributed by atoms with E-state index in [0.29, 0.717) is 30.6 Å². The van der Waals surface area contributed by atoms with Crippen LogP contribution in [0, 0.1) is 0 Å². The fraction of sp³-hybridized carbons (Fsp3) is 0.308. The molecule has 0 unspecified atom stereocenters. The van der Waals surface area contributed by atoms with Crippen LogP contribution in [0.4, 0.5) is 18.9 Å². The Hall–Kier alpha value is -2.16. The van der Waals surface area contributed by atoms with Crippen LogP contribution >= 0.6 is 11.7 Å². The van der Waals surface area contributed by atoms with Crippen LogP contribution in [0.5, 0.6) is 5.75 Å². The number of halogens is 3. The molecule has 22 heavy (non-hydrogen) atoms. The molecule has 0 N–H and O–H groups in total. The quantitative estimate of drug-likeness (QED) is 0.850.